The summed E-state index contributed by atoms with van der Waals surface area (Å²) in [5.74, 6) is 4.15. The molecule has 1 saturated heterocycles. The average Bonchev–Trinajstić information content (AvgIpc) is 3.22. The summed E-state index contributed by atoms with van der Waals surface area (Å²) in [6.45, 7) is 0. The zero-order chi connectivity index (χ0) is 13.1. The normalized spacial score (nSPS) is 17.2. The van der Waals surface area contributed by atoms with Gasteiger partial charge in [-0.3, -0.25) is 0 Å². The van der Waals surface area contributed by atoms with Gasteiger partial charge in [-0.15, -0.1) is 11.8 Å². The zero-order valence-electron chi connectivity index (χ0n) is 10.3. The Balaban J connectivity index is 1.61. The van der Waals surface area contributed by atoms with Gasteiger partial charge in [-0.25, -0.2) is 0 Å². The first-order valence-corrected chi connectivity index (χ1v) is 8.14. The minimum absolute atomic E-state index is 0.214. The number of phenols is 1. The Bertz CT molecular complexity index is 550. The minimum atomic E-state index is 0.214. The number of rotatable bonds is 5. The van der Waals surface area contributed by atoms with E-state index in [0.717, 1.165) is 11.0 Å². The van der Waals surface area contributed by atoms with Crippen LogP contribution in [-0.4, -0.2) is 21.9 Å². The highest BCUT2D eigenvalue weighted by Gasteiger charge is 2.21. The zero-order valence-corrected chi connectivity index (χ0v) is 11.9. The monoisotopic (exact) mass is 290 g/mol. The summed E-state index contributed by atoms with van der Waals surface area (Å²) in [7, 11) is 0. The Morgan fingerprint density at radius 2 is 1.95 bits per heavy atom. The van der Waals surface area contributed by atoms with Crippen LogP contribution in [-0.2, 0) is 0 Å². The Kier molecular flexibility index (Phi) is 3.89. The van der Waals surface area contributed by atoms with Gasteiger partial charge in [0.15, 0.2) is 0 Å². The fraction of sp³-hybridized carbons (Fsp3) is 0.200. The molecule has 1 fully saturated rings. The number of ether oxygens (including phenoxy) is 1. The van der Waals surface area contributed by atoms with Crippen molar-refractivity contribution in [3.05, 3.63) is 48.5 Å². The highest BCUT2D eigenvalue weighted by atomic mass is 32.2. The molecule has 0 amide bonds. The number of hydrogen-bond donors (Lipinski definition) is 1. The molecule has 1 aliphatic heterocycles. The Labute approximate surface area is 121 Å². The molecule has 0 aromatic heterocycles. The van der Waals surface area contributed by atoms with Gasteiger partial charge < -0.3 is 9.84 Å². The number of phenolic OH excluding ortho intramolecular Hbond substituents is 1. The van der Waals surface area contributed by atoms with Crippen molar-refractivity contribution in [2.75, 3.05) is 11.5 Å². The summed E-state index contributed by atoms with van der Waals surface area (Å²) < 4.78 is 5.68. The van der Waals surface area contributed by atoms with Crippen LogP contribution >= 0.6 is 23.5 Å². The molecule has 1 unspecified atom stereocenters. The molecule has 4 heteroatoms. The standard InChI is InChI=1S/C15H14O2S2/c16-11-2-1-3-13(8-11)17-12-4-6-14(7-5-12)18-9-15-10-19-15/h1-8,15-16H,9-10H2. The second-order valence-electron chi connectivity index (χ2n) is 4.34. The van der Waals surface area contributed by atoms with Crippen molar-refractivity contribution in [1.29, 1.82) is 0 Å². The topological polar surface area (TPSA) is 29.5 Å². The van der Waals surface area contributed by atoms with E-state index in [1.165, 1.54) is 16.4 Å². The molecule has 2 nitrogen and oxygen atoms in total. The van der Waals surface area contributed by atoms with Gasteiger partial charge in [0.25, 0.3) is 0 Å². The SMILES string of the molecule is Oc1cccc(Oc2ccc(SCC3CS3)cc2)c1. The van der Waals surface area contributed by atoms with Gasteiger partial charge in [-0.1, -0.05) is 6.07 Å². The maximum Gasteiger partial charge on any atom is 0.131 e. The van der Waals surface area contributed by atoms with Gasteiger partial charge in [0, 0.05) is 27.7 Å². The third-order valence-corrected chi connectivity index (χ3v) is 5.07. The van der Waals surface area contributed by atoms with E-state index < -0.39 is 0 Å². The number of benzene rings is 2. The van der Waals surface area contributed by atoms with Crippen LogP contribution in [0.3, 0.4) is 0 Å². The van der Waals surface area contributed by atoms with E-state index in [4.69, 9.17) is 4.74 Å². The maximum absolute atomic E-state index is 9.38. The molecule has 0 spiro atoms. The molecular formula is C15H14O2S2. The summed E-state index contributed by atoms with van der Waals surface area (Å²) in [6, 6.07) is 14.9. The van der Waals surface area contributed by atoms with E-state index in [2.05, 4.69) is 12.1 Å². The predicted molar refractivity (Wildman–Crippen MR) is 81.6 cm³/mol. The van der Waals surface area contributed by atoms with E-state index >= 15 is 0 Å². The fourth-order valence-corrected chi connectivity index (χ4v) is 3.46. The van der Waals surface area contributed by atoms with Crippen molar-refractivity contribution in [2.45, 2.75) is 10.1 Å². The summed E-state index contributed by atoms with van der Waals surface area (Å²) >= 11 is 3.92. The van der Waals surface area contributed by atoms with Crippen molar-refractivity contribution in [2.24, 2.45) is 0 Å². The van der Waals surface area contributed by atoms with Gasteiger partial charge in [-0.2, -0.15) is 11.8 Å². The molecule has 0 bridgehead atoms. The lowest BCUT2D eigenvalue weighted by Gasteiger charge is -2.07. The van der Waals surface area contributed by atoms with Crippen molar-refractivity contribution >= 4 is 23.5 Å². The number of hydrogen-bond acceptors (Lipinski definition) is 4. The van der Waals surface area contributed by atoms with Crippen molar-refractivity contribution in [3.8, 4) is 17.2 Å². The Morgan fingerprint density at radius 1 is 1.16 bits per heavy atom. The lowest BCUT2D eigenvalue weighted by Crippen LogP contribution is -1.87. The van der Waals surface area contributed by atoms with E-state index in [0.29, 0.717) is 5.75 Å². The van der Waals surface area contributed by atoms with E-state index in [9.17, 15) is 5.11 Å². The molecule has 2 aromatic rings. The second-order valence-corrected chi connectivity index (χ2v) is 6.76. The number of thioether (sulfide) groups is 2. The molecule has 19 heavy (non-hydrogen) atoms. The van der Waals surface area contributed by atoms with Gasteiger partial charge in [-0.05, 0) is 36.4 Å². The Hall–Kier alpha value is -1.26. The summed E-state index contributed by atoms with van der Waals surface area (Å²) in [4.78, 5) is 1.27. The summed E-state index contributed by atoms with van der Waals surface area (Å²) in [6.07, 6.45) is 0. The van der Waals surface area contributed by atoms with E-state index in [-0.39, 0.29) is 5.75 Å². The molecule has 1 N–H and O–H groups in total. The third kappa shape index (κ3) is 3.85. The second kappa shape index (κ2) is 5.80. The fourth-order valence-electron chi connectivity index (χ4n) is 1.64. The molecule has 1 atom stereocenters. The average molecular weight is 290 g/mol. The first-order valence-electron chi connectivity index (χ1n) is 6.11. The maximum atomic E-state index is 9.38. The van der Waals surface area contributed by atoms with Crippen LogP contribution in [0.25, 0.3) is 0 Å². The largest absolute Gasteiger partial charge is 0.508 e. The quantitative estimate of drug-likeness (QED) is 0.653. The minimum Gasteiger partial charge on any atom is -0.508 e. The first-order chi connectivity index (χ1) is 9.29. The van der Waals surface area contributed by atoms with Crippen LogP contribution in [0.15, 0.2) is 53.4 Å². The van der Waals surface area contributed by atoms with Crippen LogP contribution in [0, 0.1) is 0 Å². The van der Waals surface area contributed by atoms with Crippen LogP contribution in [0.4, 0.5) is 0 Å². The van der Waals surface area contributed by atoms with Crippen molar-refractivity contribution in [3.63, 3.8) is 0 Å². The highest BCUT2D eigenvalue weighted by Crippen LogP contribution is 2.35. The van der Waals surface area contributed by atoms with Crippen LogP contribution in [0.5, 0.6) is 17.2 Å². The first kappa shape index (κ1) is 12.8. The van der Waals surface area contributed by atoms with E-state index in [1.807, 2.05) is 41.7 Å². The Morgan fingerprint density at radius 3 is 2.63 bits per heavy atom. The molecule has 1 heterocycles. The molecule has 98 valence electrons. The van der Waals surface area contributed by atoms with Gasteiger partial charge in [0.05, 0.1) is 0 Å². The van der Waals surface area contributed by atoms with Gasteiger partial charge >= 0.3 is 0 Å². The molecule has 1 aliphatic rings. The third-order valence-electron chi connectivity index (χ3n) is 2.72. The van der Waals surface area contributed by atoms with E-state index in [1.54, 1.807) is 18.2 Å². The van der Waals surface area contributed by atoms with Crippen LogP contribution < -0.4 is 4.74 Å². The molecule has 0 radical (unpaired) electrons. The molecule has 2 aromatic carbocycles. The lowest BCUT2D eigenvalue weighted by atomic mass is 10.3. The summed E-state index contributed by atoms with van der Waals surface area (Å²) in [5, 5.41) is 10.2. The van der Waals surface area contributed by atoms with Crippen LogP contribution in [0.1, 0.15) is 0 Å². The lowest BCUT2D eigenvalue weighted by molar-refractivity contribution is 0.455. The van der Waals surface area contributed by atoms with Crippen LogP contribution in [0.2, 0.25) is 0 Å². The van der Waals surface area contributed by atoms with Crippen molar-refractivity contribution < 1.29 is 9.84 Å². The molecule has 0 saturated carbocycles. The molecule has 0 aliphatic carbocycles. The predicted octanol–water partition coefficient (Wildman–Crippen LogP) is 4.39. The highest BCUT2D eigenvalue weighted by molar-refractivity contribution is 8.08. The molecule has 3 rings (SSSR count). The number of aromatic hydroxyl groups is 1. The smallest absolute Gasteiger partial charge is 0.131 e. The van der Waals surface area contributed by atoms with Gasteiger partial charge in [0.2, 0.25) is 0 Å². The van der Waals surface area contributed by atoms with Crippen molar-refractivity contribution in [1.82, 2.24) is 0 Å². The summed E-state index contributed by atoms with van der Waals surface area (Å²) in [5.41, 5.74) is 0. The molecular weight excluding hydrogens is 276 g/mol. The van der Waals surface area contributed by atoms with Gasteiger partial charge in [0.1, 0.15) is 17.2 Å².